The Labute approximate surface area is 266 Å². The number of benzene rings is 6. The molecule has 2 nitrogen and oxygen atoms in total. The number of hydrogen-bond donors (Lipinski definition) is 0. The SMILES string of the molecule is O=C(C[S][Pb]([c]1ccccc1)([c]1ccccc1)[c]1ccccc1)[O][Sn]([c]1ccccc1)([c]1ccccc1)[c]1ccccc1. The standard InChI is InChI=1S/6C6H5.C2H4O2S.Pb.Sn/c6*1-2-4-6-5-3-1;3-2(4)1-5;;/h6*1-5H;5H,1H2,(H,3,4);;/q;;;;;;;2*+1/p-2. The molecule has 6 aromatic carbocycles. The molecule has 0 saturated heterocycles. The van der Waals surface area contributed by atoms with E-state index in [1.54, 1.807) is 0 Å². The molecule has 0 aliphatic heterocycles. The van der Waals surface area contributed by atoms with Crippen molar-refractivity contribution in [2.75, 3.05) is 5.75 Å². The summed E-state index contributed by atoms with van der Waals surface area (Å²) in [4.78, 5) is 14.4. The first-order valence-electron chi connectivity index (χ1n) is 14.4. The van der Waals surface area contributed by atoms with Gasteiger partial charge in [0.25, 0.3) is 0 Å². The van der Waals surface area contributed by atoms with Crippen LogP contribution in [0.3, 0.4) is 0 Å². The fourth-order valence-corrected chi connectivity index (χ4v) is 42.7. The van der Waals surface area contributed by atoms with Crippen molar-refractivity contribution >= 4 is 72.8 Å². The first kappa shape index (κ1) is 29.9. The van der Waals surface area contributed by atoms with Gasteiger partial charge in [-0.3, -0.25) is 0 Å². The predicted molar refractivity (Wildman–Crippen MR) is 187 cm³/mol. The number of carbonyl (C=O) groups is 1. The minimum absolute atomic E-state index is 0.149. The van der Waals surface area contributed by atoms with Crippen LogP contribution in [0.2, 0.25) is 0 Å². The van der Waals surface area contributed by atoms with Gasteiger partial charge < -0.3 is 0 Å². The van der Waals surface area contributed by atoms with Gasteiger partial charge in [-0.1, -0.05) is 0 Å². The first-order chi connectivity index (χ1) is 21.2. The second-order valence-electron chi connectivity index (χ2n) is 10.3. The summed E-state index contributed by atoms with van der Waals surface area (Å²) in [5.74, 6) is 0.135. The summed E-state index contributed by atoms with van der Waals surface area (Å²) >= 11 is -8.11. The fraction of sp³-hybridized carbons (Fsp3) is 0.0263. The van der Waals surface area contributed by atoms with Crippen molar-refractivity contribution in [2.24, 2.45) is 0 Å². The molecule has 0 fully saturated rings. The molecule has 0 aromatic heterocycles. The molecule has 6 rings (SSSR count). The van der Waals surface area contributed by atoms with Crippen molar-refractivity contribution in [1.29, 1.82) is 0 Å². The van der Waals surface area contributed by atoms with Gasteiger partial charge in [0.05, 0.1) is 0 Å². The van der Waals surface area contributed by atoms with Crippen LogP contribution in [0.25, 0.3) is 0 Å². The molecule has 0 spiro atoms. The van der Waals surface area contributed by atoms with Crippen molar-refractivity contribution < 1.29 is 7.87 Å². The number of carbonyl (C=O) groups excluding carboxylic acids is 1. The van der Waals surface area contributed by atoms with Crippen LogP contribution in [0.5, 0.6) is 0 Å². The summed E-state index contributed by atoms with van der Waals surface area (Å²) in [6.45, 7) is 0. The summed E-state index contributed by atoms with van der Waals surface area (Å²) in [6.07, 6.45) is 0. The van der Waals surface area contributed by atoms with Gasteiger partial charge in [-0.15, -0.1) is 0 Å². The molecule has 0 radical (unpaired) electrons. The van der Waals surface area contributed by atoms with Gasteiger partial charge in [0.1, 0.15) is 0 Å². The Kier molecular flexibility index (Phi) is 9.81. The molecule has 210 valence electrons. The van der Waals surface area contributed by atoms with Gasteiger partial charge in [-0.25, -0.2) is 0 Å². The van der Waals surface area contributed by atoms with Gasteiger partial charge in [-0.05, 0) is 0 Å². The van der Waals surface area contributed by atoms with E-state index in [9.17, 15) is 4.79 Å². The maximum atomic E-state index is 14.4. The molecular weight excluding hydrogens is 846 g/mol. The Bertz CT molecular complexity index is 1540. The van der Waals surface area contributed by atoms with Crippen molar-refractivity contribution in [2.45, 2.75) is 0 Å². The Balaban J connectivity index is 1.45. The van der Waals surface area contributed by atoms with Crippen LogP contribution in [0, 0.1) is 0 Å². The van der Waals surface area contributed by atoms with Crippen LogP contribution in [-0.4, -0.2) is 50.2 Å². The normalized spacial score (nSPS) is 11.5. The second kappa shape index (κ2) is 14.1. The zero-order valence-corrected chi connectivity index (χ0v) is 31.3. The molecule has 6 aromatic rings. The van der Waals surface area contributed by atoms with E-state index in [1.165, 1.54) is 9.37 Å². The molecule has 0 heterocycles. The van der Waals surface area contributed by atoms with Crippen molar-refractivity contribution in [3.8, 4) is 0 Å². The predicted octanol–water partition coefficient (Wildman–Crippen LogP) is 4.60. The zero-order valence-electron chi connectivity index (χ0n) is 23.8. The third-order valence-electron chi connectivity index (χ3n) is 7.76. The molecule has 0 bridgehead atoms. The van der Waals surface area contributed by atoms with E-state index in [0.29, 0.717) is 0 Å². The average molecular weight is 879 g/mol. The van der Waals surface area contributed by atoms with E-state index in [-0.39, 0.29) is 11.7 Å². The Morgan fingerprint density at radius 1 is 0.465 bits per heavy atom. The zero-order chi connectivity index (χ0) is 29.4. The summed E-state index contributed by atoms with van der Waals surface area (Å²) in [6, 6.07) is 63.7. The molecule has 43 heavy (non-hydrogen) atoms. The summed E-state index contributed by atoms with van der Waals surface area (Å²) in [7, 11) is 1.84. The molecule has 0 aliphatic carbocycles. The molecule has 0 saturated carbocycles. The van der Waals surface area contributed by atoms with Crippen LogP contribution in [0.15, 0.2) is 182 Å². The topological polar surface area (TPSA) is 26.3 Å². The maximum absolute atomic E-state index is 14.4. The van der Waals surface area contributed by atoms with Crippen LogP contribution < -0.4 is 20.1 Å². The molecular formula is C38H32O2PbSSn. The first-order valence-corrected chi connectivity index (χ1v) is 31.4. The number of hydrogen-bond acceptors (Lipinski definition) is 3. The Morgan fingerprint density at radius 3 is 1.05 bits per heavy atom. The fourth-order valence-electron chi connectivity index (χ4n) is 5.83. The van der Waals surface area contributed by atoms with Gasteiger partial charge >= 0.3 is 268 Å². The summed E-state index contributed by atoms with van der Waals surface area (Å²) < 4.78 is 14.4. The Hall–Kier alpha value is -3.14. The van der Waals surface area contributed by atoms with Crippen LogP contribution in [0.1, 0.15) is 0 Å². The van der Waals surface area contributed by atoms with E-state index >= 15 is 0 Å². The number of rotatable bonds is 10. The van der Waals surface area contributed by atoms with E-state index in [1.807, 2.05) is 26.5 Å². The van der Waals surface area contributed by atoms with Crippen LogP contribution in [0.4, 0.5) is 0 Å². The van der Waals surface area contributed by atoms with Gasteiger partial charge in [-0.2, -0.15) is 0 Å². The molecule has 0 unspecified atom stereocenters. The van der Waals surface area contributed by atoms with Crippen LogP contribution >= 0.6 is 8.31 Å². The van der Waals surface area contributed by atoms with Crippen molar-refractivity contribution in [3.63, 3.8) is 0 Å². The Morgan fingerprint density at radius 2 is 0.744 bits per heavy atom. The third-order valence-corrected chi connectivity index (χ3v) is 46.2. The quantitative estimate of drug-likeness (QED) is 0.189. The molecule has 0 amide bonds. The molecule has 0 aliphatic rings. The molecule has 0 N–H and O–H groups in total. The minimum atomic E-state index is -4.22. The van der Waals surface area contributed by atoms with Crippen molar-refractivity contribution in [3.05, 3.63) is 182 Å². The third kappa shape index (κ3) is 6.26. The molecule has 5 heteroatoms. The van der Waals surface area contributed by atoms with Gasteiger partial charge in [0.2, 0.25) is 0 Å². The molecule has 0 atom stereocenters. The van der Waals surface area contributed by atoms with Crippen molar-refractivity contribution in [1.82, 2.24) is 0 Å². The van der Waals surface area contributed by atoms with Gasteiger partial charge in [0.15, 0.2) is 0 Å². The van der Waals surface area contributed by atoms with E-state index in [2.05, 4.69) is 164 Å². The average Bonchev–Trinajstić information content (AvgIpc) is 3.10. The van der Waals surface area contributed by atoms with E-state index in [0.717, 1.165) is 10.7 Å². The van der Waals surface area contributed by atoms with Crippen LogP contribution in [-0.2, 0) is 7.87 Å². The summed E-state index contributed by atoms with van der Waals surface area (Å²) in [5.41, 5.74) is 0. The summed E-state index contributed by atoms with van der Waals surface area (Å²) in [5, 5.41) is 0. The van der Waals surface area contributed by atoms with E-state index in [4.69, 9.17) is 3.07 Å². The monoisotopic (exact) mass is 880 g/mol. The van der Waals surface area contributed by atoms with E-state index < -0.39 is 38.5 Å². The van der Waals surface area contributed by atoms with Gasteiger partial charge in [0, 0.05) is 0 Å². The second-order valence-corrected chi connectivity index (χ2v) is 41.1.